The van der Waals surface area contributed by atoms with E-state index in [1.165, 1.54) is 5.56 Å². The van der Waals surface area contributed by atoms with Crippen molar-refractivity contribution in [2.45, 2.75) is 13.3 Å². The smallest absolute Gasteiger partial charge is 0.0163 e. The Morgan fingerprint density at radius 2 is 1.64 bits per heavy atom. The molecule has 2 rings (SSSR count). The van der Waals surface area contributed by atoms with Gasteiger partial charge in [-0.25, -0.2) is 0 Å². The second kappa shape index (κ2) is 6.90. The first-order valence-corrected chi connectivity index (χ1v) is 4.93. The maximum absolute atomic E-state index is 2.12. The summed E-state index contributed by atoms with van der Waals surface area (Å²) in [5.74, 6) is 0. The maximum Gasteiger partial charge on any atom is -0.0163 e. The monoisotopic (exact) mass is 184 g/mol. The van der Waals surface area contributed by atoms with Gasteiger partial charge in [-0.05, 0) is 18.9 Å². The molecule has 0 bridgehead atoms. The normalized spacial score (nSPS) is 12.9. The Bertz CT molecular complexity index is 305. The largest absolute Gasteiger partial charge is 0.0871 e. The molecule has 0 heteroatoms. The van der Waals surface area contributed by atoms with Gasteiger partial charge in [0.05, 0.1) is 0 Å². The molecular formula is C14H16. The molecule has 1 aromatic rings. The Morgan fingerprint density at radius 3 is 2.07 bits per heavy atom. The van der Waals surface area contributed by atoms with E-state index < -0.39 is 0 Å². The quantitative estimate of drug-likeness (QED) is 0.613. The van der Waals surface area contributed by atoms with E-state index in [1.807, 2.05) is 31.2 Å². The first-order valence-electron chi connectivity index (χ1n) is 4.93. The highest BCUT2D eigenvalue weighted by Crippen LogP contribution is 1.99. The molecule has 14 heavy (non-hydrogen) atoms. The number of rotatable bonds is 1. The van der Waals surface area contributed by atoms with Crippen molar-refractivity contribution in [2.75, 3.05) is 0 Å². The third-order valence-electron chi connectivity index (χ3n) is 1.81. The molecule has 0 spiro atoms. The molecular weight excluding hydrogens is 168 g/mol. The van der Waals surface area contributed by atoms with Crippen molar-refractivity contribution in [3.05, 3.63) is 66.3 Å². The molecule has 1 aliphatic carbocycles. The minimum absolute atomic E-state index is 1.14. The zero-order valence-corrected chi connectivity index (χ0v) is 8.56. The summed E-state index contributed by atoms with van der Waals surface area (Å²) < 4.78 is 0. The number of allylic oxidation sites excluding steroid dienone is 5. The van der Waals surface area contributed by atoms with Gasteiger partial charge in [0.1, 0.15) is 0 Å². The summed E-state index contributed by atoms with van der Waals surface area (Å²) in [5.41, 5.74) is 1.26. The van der Waals surface area contributed by atoms with E-state index in [0.717, 1.165) is 6.42 Å². The second-order valence-electron chi connectivity index (χ2n) is 3.00. The van der Waals surface area contributed by atoms with Gasteiger partial charge in [0.25, 0.3) is 0 Å². The Hall–Kier alpha value is -1.56. The van der Waals surface area contributed by atoms with Gasteiger partial charge in [-0.3, -0.25) is 0 Å². The van der Waals surface area contributed by atoms with E-state index in [1.54, 1.807) is 0 Å². The van der Waals surface area contributed by atoms with Gasteiger partial charge in [-0.15, -0.1) is 0 Å². The fourth-order valence-electron chi connectivity index (χ4n) is 1.15. The molecule has 0 unspecified atom stereocenters. The summed E-state index contributed by atoms with van der Waals surface area (Å²) in [6.45, 7) is 2.02. The molecule has 0 amide bonds. The fourth-order valence-corrected chi connectivity index (χ4v) is 1.15. The summed E-state index contributed by atoms with van der Waals surface area (Å²) >= 11 is 0. The summed E-state index contributed by atoms with van der Waals surface area (Å²) in [6, 6.07) is 10.3. The highest BCUT2D eigenvalue weighted by atomic mass is 13.8. The average molecular weight is 184 g/mol. The van der Waals surface area contributed by atoms with Crippen LogP contribution in [-0.4, -0.2) is 0 Å². The van der Waals surface area contributed by atoms with Crippen molar-refractivity contribution in [3.8, 4) is 0 Å². The SMILES string of the molecule is C1=CCC=C1.CC=Cc1ccccc1. The van der Waals surface area contributed by atoms with E-state index in [4.69, 9.17) is 0 Å². The van der Waals surface area contributed by atoms with Crippen LogP contribution in [0.5, 0.6) is 0 Å². The summed E-state index contributed by atoms with van der Waals surface area (Å²) in [4.78, 5) is 0. The minimum Gasteiger partial charge on any atom is -0.0871 e. The molecule has 0 saturated heterocycles. The van der Waals surface area contributed by atoms with Crippen LogP contribution in [-0.2, 0) is 0 Å². The third kappa shape index (κ3) is 4.46. The second-order valence-corrected chi connectivity index (χ2v) is 3.00. The first kappa shape index (κ1) is 10.5. The summed E-state index contributed by atoms with van der Waals surface area (Å²) in [6.07, 6.45) is 13.6. The standard InChI is InChI=1S/C9H10.C5H6/c1-2-6-9-7-4-3-5-8-9;1-2-4-5-3-1/h2-8H,1H3;1-4H,5H2. The maximum atomic E-state index is 2.12. The molecule has 0 aromatic heterocycles. The molecule has 72 valence electrons. The number of hydrogen-bond acceptors (Lipinski definition) is 0. The molecule has 0 N–H and O–H groups in total. The van der Waals surface area contributed by atoms with E-state index in [9.17, 15) is 0 Å². The average Bonchev–Trinajstić information content (AvgIpc) is 2.78. The van der Waals surface area contributed by atoms with Crippen LogP contribution in [0, 0.1) is 0 Å². The molecule has 0 saturated carbocycles. The van der Waals surface area contributed by atoms with Gasteiger partial charge < -0.3 is 0 Å². The van der Waals surface area contributed by atoms with Gasteiger partial charge in [0, 0.05) is 0 Å². The van der Waals surface area contributed by atoms with Crippen molar-refractivity contribution >= 4 is 6.08 Å². The van der Waals surface area contributed by atoms with Crippen LogP contribution in [0.2, 0.25) is 0 Å². The van der Waals surface area contributed by atoms with E-state index in [0.29, 0.717) is 0 Å². The summed E-state index contributed by atoms with van der Waals surface area (Å²) in [7, 11) is 0. The lowest BCUT2D eigenvalue weighted by Gasteiger charge is -1.86. The predicted molar refractivity (Wildman–Crippen MR) is 64.0 cm³/mol. The summed E-state index contributed by atoms with van der Waals surface area (Å²) in [5, 5.41) is 0. The molecule has 1 aromatic carbocycles. The van der Waals surface area contributed by atoms with Gasteiger partial charge in [0.2, 0.25) is 0 Å². The van der Waals surface area contributed by atoms with Crippen LogP contribution in [0.3, 0.4) is 0 Å². The lowest BCUT2D eigenvalue weighted by atomic mass is 10.2. The highest BCUT2D eigenvalue weighted by Gasteiger charge is 1.77. The Labute approximate surface area is 86.3 Å². The van der Waals surface area contributed by atoms with Crippen molar-refractivity contribution in [1.29, 1.82) is 0 Å². The van der Waals surface area contributed by atoms with Gasteiger partial charge >= 0.3 is 0 Å². The molecule has 0 radical (unpaired) electrons. The van der Waals surface area contributed by atoms with Crippen LogP contribution >= 0.6 is 0 Å². The van der Waals surface area contributed by atoms with Crippen LogP contribution < -0.4 is 0 Å². The molecule has 0 aliphatic heterocycles. The lowest BCUT2D eigenvalue weighted by molar-refractivity contribution is 1.45. The van der Waals surface area contributed by atoms with Crippen LogP contribution in [0.4, 0.5) is 0 Å². The van der Waals surface area contributed by atoms with Crippen molar-refractivity contribution in [3.63, 3.8) is 0 Å². The lowest BCUT2D eigenvalue weighted by Crippen LogP contribution is -1.65. The van der Waals surface area contributed by atoms with E-state index >= 15 is 0 Å². The zero-order chi connectivity index (χ0) is 10.1. The molecule has 0 nitrogen and oxygen atoms in total. The zero-order valence-electron chi connectivity index (χ0n) is 8.56. The molecule has 0 heterocycles. The van der Waals surface area contributed by atoms with Crippen molar-refractivity contribution < 1.29 is 0 Å². The topological polar surface area (TPSA) is 0 Å². The number of benzene rings is 1. The molecule has 0 atom stereocenters. The van der Waals surface area contributed by atoms with Crippen LogP contribution in [0.1, 0.15) is 18.9 Å². The molecule has 0 fully saturated rings. The fraction of sp³-hybridized carbons (Fsp3) is 0.143. The number of hydrogen-bond donors (Lipinski definition) is 0. The first-order chi connectivity index (χ1) is 6.93. The van der Waals surface area contributed by atoms with Crippen LogP contribution in [0.25, 0.3) is 6.08 Å². The Morgan fingerprint density at radius 1 is 1.00 bits per heavy atom. The van der Waals surface area contributed by atoms with Crippen LogP contribution in [0.15, 0.2) is 60.7 Å². The van der Waals surface area contributed by atoms with Gasteiger partial charge in [-0.1, -0.05) is 66.8 Å². The Kier molecular flexibility index (Phi) is 5.19. The van der Waals surface area contributed by atoms with E-state index in [-0.39, 0.29) is 0 Å². The molecule has 1 aliphatic rings. The minimum atomic E-state index is 1.14. The Balaban J connectivity index is 0.000000165. The highest BCUT2D eigenvalue weighted by molar-refractivity contribution is 5.47. The third-order valence-corrected chi connectivity index (χ3v) is 1.81. The van der Waals surface area contributed by atoms with Gasteiger partial charge in [-0.2, -0.15) is 0 Å². The van der Waals surface area contributed by atoms with Crippen molar-refractivity contribution in [1.82, 2.24) is 0 Å². The van der Waals surface area contributed by atoms with E-state index in [2.05, 4.69) is 42.5 Å². The predicted octanol–water partition coefficient (Wildman–Crippen LogP) is 4.22. The van der Waals surface area contributed by atoms with Crippen molar-refractivity contribution in [2.24, 2.45) is 0 Å². The van der Waals surface area contributed by atoms with Gasteiger partial charge in [0.15, 0.2) is 0 Å².